The minimum atomic E-state index is -0.400. The third-order valence-corrected chi connectivity index (χ3v) is 5.86. The molecule has 1 N–H and O–H groups in total. The Balaban J connectivity index is 1.89. The first-order chi connectivity index (χ1) is 14.2. The molecule has 0 bridgehead atoms. The fraction of sp³-hybridized carbons (Fsp3) is 0.680. The predicted molar refractivity (Wildman–Crippen MR) is 123 cm³/mol. The van der Waals surface area contributed by atoms with Gasteiger partial charge in [-0.3, -0.25) is 14.5 Å². The molecule has 5 heteroatoms. The van der Waals surface area contributed by atoms with E-state index >= 15 is 0 Å². The number of benzene rings is 1. The predicted octanol–water partition coefficient (Wildman–Crippen LogP) is 4.21. The number of unbranched alkanes of at least 4 members (excludes halogenated alkanes) is 1. The second-order valence-corrected chi connectivity index (χ2v) is 9.60. The molecule has 0 saturated carbocycles. The van der Waals surface area contributed by atoms with Gasteiger partial charge in [0.2, 0.25) is 11.8 Å². The Kier molecular flexibility index (Phi) is 9.35. The van der Waals surface area contributed by atoms with Gasteiger partial charge >= 0.3 is 0 Å². The third kappa shape index (κ3) is 7.42. The number of rotatable bonds is 9. The molecular weight excluding hydrogens is 374 g/mol. The lowest BCUT2D eigenvalue weighted by atomic mass is 9.91. The molecule has 0 aliphatic carbocycles. The Morgan fingerprint density at radius 3 is 2.60 bits per heavy atom. The van der Waals surface area contributed by atoms with E-state index in [1.807, 2.05) is 25.7 Å². The normalized spacial score (nSPS) is 17.3. The van der Waals surface area contributed by atoms with Crippen LogP contribution in [0, 0.1) is 11.3 Å². The standard InChI is InChI=1S/C25H41N3O2/c1-6-8-14-27(7-2)18-21-12-9-11-20(16-21)17-26-23(29)22-13-10-15-28(19-22)24(30)25(3,4)5/h9,11-12,16,22H,6-8,10,13-15,17-19H2,1-5H3,(H,26,29)/t22-/m0/s1. The van der Waals surface area contributed by atoms with Gasteiger partial charge in [-0.1, -0.05) is 65.3 Å². The minimum absolute atomic E-state index is 0.0601. The molecule has 1 aliphatic rings. The maximum Gasteiger partial charge on any atom is 0.227 e. The highest BCUT2D eigenvalue weighted by Gasteiger charge is 2.33. The summed E-state index contributed by atoms with van der Waals surface area (Å²) in [6, 6.07) is 8.51. The van der Waals surface area contributed by atoms with Crippen molar-refractivity contribution in [1.29, 1.82) is 0 Å². The number of carbonyl (C=O) groups excluding carboxylic acids is 2. The van der Waals surface area contributed by atoms with Gasteiger partial charge in [0.25, 0.3) is 0 Å². The molecule has 168 valence electrons. The van der Waals surface area contributed by atoms with Gasteiger partial charge in [0.05, 0.1) is 5.92 Å². The zero-order valence-corrected chi connectivity index (χ0v) is 19.7. The second-order valence-electron chi connectivity index (χ2n) is 9.60. The highest BCUT2D eigenvalue weighted by molar-refractivity contribution is 5.83. The minimum Gasteiger partial charge on any atom is -0.352 e. The first kappa shape index (κ1) is 24.4. The summed E-state index contributed by atoms with van der Waals surface area (Å²) in [6.07, 6.45) is 4.17. The van der Waals surface area contributed by atoms with Gasteiger partial charge in [0.15, 0.2) is 0 Å². The van der Waals surface area contributed by atoms with Crippen LogP contribution >= 0.6 is 0 Å². The van der Waals surface area contributed by atoms with E-state index in [9.17, 15) is 9.59 Å². The molecule has 0 radical (unpaired) electrons. The van der Waals surface area contributed by atoms with Crippen LogP contribution in [0.25, 0.3) is 0 Å². The first-order valence-electron chi connectivity index (χ1n) is 11.6. The van der Waals surface area contributed by atoms with Crippen LogP contribution in [-0.4, -0.2) is 47.8 Å². The molecule has 1 aromatic carbocycles. The second kappa shape index (κ2) is 11.5. The Bertz CT molecular complexity index is 696. The molecule has 0 aromatic heterocycles. The molecule has 1 atom stereocenters. The van der Waals surface area contributed by atoms with E-state index in [2.05, 4.69) is 48.3 Å². The van der Waals surface area contributed by atoms with Crippen molar-refractivity contribution in [3.63, 3.8) is 0 Å². The molecule has 2 rings (SSSR count). The number of nitrogens with one attached hydrogen (secondary N) is 1. The number of piperidine rings is 1. The molecular formula is C25H41N3O2. The van der Waals surface area contributed by atoms with Crippen molar-refractivity contribution in [3.8, 4) is 0 Å². The van der Waals surface area contributed by atoms with Crippen LogP contribution in [0.15, 0.2) is 24.3 Å². The van der Waals surface area contributed by atoms with Gasteiger partial charge in [-0.15, -0.1) is 0 Å². The van der Waals surface area contributed by atoms with Crippen LogP contribution in [0.4, 0.5) is 0 Å². The Hall–Kier alpha value is -1.88. The van der Waals surface area contributed by atoms with E-state index in [0.717, 1.165) is 44.6 Å². The van der Waals surface area contributed by atoms with Gasteiger partial charge in [0, 0.05) is 31.6 Å². The summed E-state index contributed by atoms with van der Waals surface area (Å²) in [7, 11) is 0. The third-order valence-electron chi connectivity index (χ3n) is 5.86. The van der Waals surface area contributed by atoms with E-state index in [4.69, 9.17) is 0 Å². The van der Waals surface area contributed by atoms with E-state index in [-0.39, 0.29) is 17.7 Å². The van der Waals surface area contributed by atoms with Crippen molar-refractivity contribution in [3.05, 3.63) is 35.4 Å². The lowest BCUT2D eigenvalue weighted by Gasteiger charge is -2.35. The van der Waals surface area contributed by atoms with Crippen molar-refractivity contribution < 1.29 is 9.59 Å². The lowest BCUT2D eigenvalue weighted by Crippen LogP contribution is -2.48. The van der Waals surface area contributed by atoms with Crippen molar-refractivity contribution in [2.75, 3.05) is 26.2 Å². The summed E-state index contributed by atoms with van der Waals surface area (Å²) in [5.74, 6) is 0.0825. The van der Waals surface area contributed by atoms with E-state index < -0.39 is 5.41 Å². The Morgan fingerprint density at radius 2 is 1.93 bits per heavy atom. The van der Waals surface area contributed by atoms with Crippen molar-refractivity contribution in [2.24, 2.45) is 11.3 Å². The monoisotopic (exact) mass is 415 g/mol. The van der Waals surface area contributed by atoms with Gasteiger partial charge in [-0.05, 0) is 43.5 Å². The Labute approximate surface area is 183 Å². The van der Waals surface area contributed by atoms with Gasteiger partial charge in [-0.2, -0.15) is 0 Å². The molecule has 5 nitrogen and oxygen atoms in total. The zero-order chi connectivity index (χ0) is 22.1. The quantitative estimate of drug-likeness (QED) is 0.657. The average molecular weight is 416 g/mol. The van der Waals surface area contributed by atoms with Crippen LogP contribution in [0.2, 0.25) is 0 Å². The number of amides is 2. The SMILES string of the molecule is CCCCN(CC)Cc1cccc(CNC(=O)[C@H]2CCCN(C(=O)C(C)(C)C)C2)c1. The van der Waals surface area contributed by atoms with Gasteiger partial charge < -0.3 is 10.2 Å². The van der Waals surface area contributed by atoms with Crippen molar-refractivity contribution in [1.82, 2.24) is 15.1 Å². The van der Waals surface area contributed by atoms with Crippen molar-refractivity contribution >= 4 is 11.8 Å². The maximum absolute atomic E-state index is 12.8. The highest BCUT2D eigenvalue weighted by Crippen LogP contribution is 2.23. The molecule has 0 unspecified atom stereocenters. The molecule has 30 heavy (non-hydrogen) atoms. The molecule has 1 aliphatic heterocycles. The average Bonchev–Trinajstić information content (AvgIpc) is 2.74. The fourth-order valence-electron chi connectivity index (χ4n) is 4.01. The summed E-state index contributed by atoms with van der Waals surface area (Å²) >= 11 is 0. The molecule has 1 fully saturated rings. The summed E-state index contributed by atoms with van der Waals surface area (Å²) in [5, 5.41) is 3.11. The largest absolute Gasteiger partial charge is 0.352 e. The summed E-state index contributed by atoms with van der Waals surface area (Å²) in [5.41, 5.74) is 2.02. The zero-order valence-electron chi connectivity index (χ0n) is 19.7. The van der Waals surface area contributed by atoms with Crippen LogP contribution in [-0.2, 0) is 22.7 Å². The molecule has 2 amide bonds. The van der Waals surface area contributed by atoms with Gasteiger partial charge in [0.1, 0.15) is 0 Å². The van der Waals surface area contributed by atoms with Gasteiger partial charge in [-0.25, -0.2) is 0 Å². The summed E-state index contributed by atoms with van der Waals surface area (Å²) in [4.78, 5) is 29.7. The Morgan fingerprint density at radius 1 is 1.20 bits per heavy atom. The van der Waals surface area contributed by atoms with E-state index in [1.54, 1.807) is 0 Å². The van der Waals surface area contributed by atoms with E-state index in [0.29, 0.717) is 13.1 Å². The van der Waals surface area contributed by atoms with Crippen LogP contribution in [0.5, 0.6) is 0 Å². The number of nitrogens with zero attached hydrogens (tertiary/aromatic N) is 2. The lowest BCUT2D eigenvalue weighted by molar-refractivity contribution is -0.142. The topological polar surface area (TPSA) is 52.7 Å². The summed E-state index contributed by atoms with van der Waals surface area (Å²) < 4.78 is 0. The molecule has 1 saturated heterocycles. The van der Waals surface area contributed by atoms with Crippen LogP contribution in [0.1, 0.15) is 71.4 Å². The molecule has 0 spiro atoms. The number of likely N-dealkylation sites (tertiary alicyclic amines) is 1. The maximum atomic E-state index is 12.8. The number of hydrogen-bond donors (Lipinski definition) is 1. The van der Waals surface area contributed by atoms with Crippen LogP contribution in [0.3, 0.4) is 0 Å². The smallest absolute Gasteiger partial charge is 0.227 e. The molecule has 1 aromatic rings. The van der Waals surface area contributed by atoms with E-state index in [1.165, 1.54) is 18.4 Å². The summed E-state index contributed by atoms with van der Waals surface area (Å²) in [6.45, 7) is 15.2. The fourth-order valence-corrected chi connectivity index (χ4v) is 4.01. The number of carbonyl (C=O) groups is 2. The highest BCUT2D eigenvalue weighted by atomic mass is 16.2. The van der Waals surface area contributed by atoms with Crippen molar-refractivity contribution in [2.45, 2.75) is 73.4 Å². The number of hydrogen-bond acceptors (Lipinski definition) is 3. The van der Waals surface area contributed by atoms with Crippen LogP contribution < -0.4 is 5.32 Å². The first-order valence-corrected chi connectivity index (χ1v) is 11.6. The molecule has 1 heterocycles.